The van der Waals surface area contributed by atoms with Gasteiger partial charge in [0.25, 0.3) is 0 Å². The third-order valence-electron chi connectivity index (χ3n) is 6.92. The van der Waals surface area contributed by atoms with Crippen molar-refractivity contribution in [3.05, 3.63) is 48.2 Å². The van der Waals surface area contributed by atoms with E-state index in [1.807, 2.05) is 67.2 Å². The zero-order valence-electron chi connectivity index (χ0n) is 22.5. The Morgan fingerprint density at radius 2 is 2.00 bits per heavy atom. The van der Waals surface area contributed by atoms with Crippen molar-refractivity contribution in [1.29, 1.82) is 0 Å². The number of nitrogens with one attached hydrogen (secondary N) is 1. The van der Waals surface area contributed by atoms with Gasteiger partial charge in [0.15, 0.2) is 5.82 Å². The Morgan fingerprint density at radius 1 is 1.22 bits per heavy atom. The monoisotopic (exact) mass is 504 g/mol. The summed E-state index contributed by atoms with van der Waals surface area (Å²) >= 11 is 0. The van der Waals surface area contributed by atoms with Crippen LogP contribution in [0.2, 0.25) is 0 Å². The van der Waals surface area contributed by atoms with Gasteiger partial charge in [-0.05, 0) is 64.0 Å². The Bertz CT molecular complexity index is 1160. The summed E-state index contributed by atoms with van der Waals surface area (Å²) in [7, 11) is 3.92. The van der Waals surface area contributed by atoms with Crippen LogP contribution in [0.4, 0.5) is 17.2 Å². The predicted molar refractivity (Wildman–Crippen MR) is 151 cm³/mol. The third-order valence-corrected chi connectivity index (χ3v) is 6.92. The molecule has 8 nitrogen and oxygen atoms in total. The summed E-state index contributed by atoms with van der Waals surface area (Å²) in [6.07, 6.45) is 7.10. The summed E-state index contributed by atoms with van der Waals surface area (Å²) in [5.41, 5.74) is 11.1. The van der Waals surface area contributed by atoms with Crippen LogP contribution in [-0.2, 0) is 9.59 Å². The highest BCUT2D eigenvalue weighted by Gasteiger charge is 2.32. The van der Waals surface area contributed by atoms with Crippen LogP contribution in [0.1, 0.15) is 51.1 Å². The lowest BCUT2D eigenvalue weighted by molar-refractivity contribution is -0.133. The fraction of sp³-hybridized carbons (Fsp3) is 0.483. The molecule has 1 aromatic heterocycles. The van der Waals surface area contributed by atoms with Gasteiger partial charge in [-0.15, -0.1) is 0 Å². The molecular formula is C29H40N6O2. The SMILES string of the molecule is CCCC(=O)N1CCN(c2nc(C3CC3)c(-c3cccc(NC(=O)/C=C/CN(C)C)c3)cc2N)C[C@H]1C. The molecule has 4 rings (SSSR count). The normalized spacial score (nSPS) is 18.0. The number of hydrogen-bond donors (Lipinski definition) is 2. The van der Waals surface area contributed by atoms with Gasteiger partial charge in [-0.25, -0.2) is 4.98 Å². The summed E-state index contributed by atoms with van der Waals surface area (Å²) in [4.78, 5) is 36.2. The molecule has 2 heterocycles. The first-order chi connectivity index (χ1) is 17.8. The number of aromatic nitrogens is 1. The molecule has 1 saturated carbocycles. The molecular weight excluding hydrogens is 464 g/mol. The molecule has 2 fully saturated rings. The van der Waals surface area contributed by atoms with Gasteiger partial charge in [-0.2, -0.15) is 0 Å². The van der Waals surface area contributed by atoms with E-state index in [9.17, 15) is 9.59 Å². The van der Waals surface area contributed by atoms with Crippen LogP contribution in [-0.4, -0.2) is 72.9 Å². The summed E-state index contributed by atoms with van der Waals surface area (Å²) < 4.78 is 0. The Kier molecular flexibility index (Phi) is 8.48. The number of hydrogen-bond acceptors (Lipinski definition) is 6. The lowest BCUT2D eigenvalue weighted by Gasteiger charge is -2.41. The number of benzene rings is 1. The predicted octanol–water partition coefficient (Wildman–Crippen LogP) is 4.10. The summed E-state index contributed by atoms with van der Waals surface area (Å²) in [6, 6.07) is 10.0. The number of piperazine rings is 1. The van der Waals surface area contributed by atoms with Gasteiger partial charge in [-0.3, -0.25) is 9.59 Å². The number of amides is 2. The number of likely N-dealkylation sites (N-methyl/N-ethyl adjacent to an activating group) is 1. The van der Waals surface area contributed by atoms with Gasteiger partial charge in [-0.1, -0.05) is 25.1 Å². The number of carbonyl (C=O) groups is 2. The number of rotatable bonds is 9. The van der Waals surface area contributed by atoms with E-state index in [-0.39, 0.29) is 17.9 Å². The van der Waals surface area contributed by atoms with Crippen molar-refractivity contribution in [2.45, 2.75) is 51.5 Å². The fourth-order valence-electron chi connectivity index (χ4n) is 4.88. The lowest BCUT2D eigenvalue weighted by Crippen LogP contribution is -2.54. The molecule has 2 aliphatic rings. The average Bonchev–Trinajstić information content (AvgIpc) is 3.69. The highest BCUT2D eigenvalue weighted by molar-refractivity contribution is 5.99. The average molecular weight is 505 g/mol. The maximum Gasteiger partial charge on any atom is 0.248 e. The second-order valence-electron chi connectivity index (χ2n) is 10.5. The first-order valence-electron chi connectivity index (χ1n) is 13.3. The highest BCUT2D eigenvalue weighted by Crippen LogP contribution is 2.45. The van der Waals surface area contributed by atoms with Gasteiger partial charge in [0.05, 0.1) is 11.4 Å². The summed E-state index contributed by atoms with van der Waals surface area (Å²) in [5.74, 6) is 1.31. The second kappa shape index (κ2) is 11.8. The van der Waals surface area contributed by atoms with Crippen LogP contribution < -0.4 is 16.0 Å². The minimum Gasteiger partial charge on any atom is -0.396 e. The number of nitrogen functional groups attached to an aromatic ring is 1. The van der Waals surface area contributed by atoms with Crippen molar-refractivity contribution in [2.75, 3.05) is 56.2 Å². The van der Waals surface area contributed by atoms with Crippen molar-refractivity contribution >= 4 is 29.0 Å². The van der Waals surface area contributed by atoms with Gasteiger partial charge in [0.1, 0.15) is 0 Å². The molecule has 0 spiro atoms. The highest BCUT2D eigenvalue weighted by atomic mass is 16.2. The molecule has 1 saturated heterocycles. The maximum atomic E-state index is 12.5. The molecule has 0 radical (unpaired) electrons. The Labute approximate surface area is 220 Å². The van der Waals surface area contributed by atoms with Gasteiger partial charge < -0.3 is 25.8 Å². The number of nitrogens with two attached hydrogens (primary N) is 1. The van der Waals surface area contributed by atoms with Crippen molar-refractivity contribution < 1.29 is 9.59 Å². The van der Waals surface area contributed by atoms with Crippen molar-refractivity contribution in [2.24, 2.45) is 0 Å². The van der Waals surface area contributed by atoms with E-state index in [1.54, 1.807) is 6.08 Å². The first-order valence-corrected chi connectivity index (χ1v) is 13.3. The molecule has 1 atom stereocenters. The van der Waals surface area contributed by atoms with E-state index in [0.29, 0.717) is 31.1 Å². The number of nitrogens with zero attached hydrogens (tertiary/aromatic N) is 4. The number of pyridine rings is 1. The fourth-order valence-corrected chi connectivity index (χ4v) is 4.88. The van der Waals surface area contributed by atoms with Crippen LogP contribution in [0.3, 0.4) is 0 Å². The largest absolute Gasteiger partial charge is 0.396 e. The Hall–Kier alpha value is -3.39. The first kappa shape index (κ1) is 26.7. The molecule has 1 aromatic carbocycles. The zero-order valence-corrected chi connectivity index (χ0v) is 22.5. The Balaban J connectivity index is 1.55. The third kappa shape index (κ3) is 6.68. The van der Waals surface area contributed by atoms with Crippen molar-refractivity contribution in [1.82, 2.24) is 14.8 Å². The minimum atomic E-state index is -0.153. The number of anilines is 3. The van der Waals surface area contributed by atoms with E-state index < -0.39 is 0 Å². The van der Waals surface area contributed by atoms with Crippen molar-refractivity contribution in [3.8, 4) is 11.1 Å². The van der Waals surface area contributed by atoms with Gasteiger partial charge in [0.2, 0.25) is 11.8 Å². The summed E-state index contributed by atoms with van der Waals surface area (Å²) in [5, 5.41) is 2.96. The molecule has 1 aliphatic heterocycles. The van der Waals surface area contributed by atoms with Gasteiger partial charge in [0, 0.05) is 61.9 Å². The molecule has 8 heteroatoms. The molecule has 37 heavy (non-hydrogen) atoms. The van der Waals surface area contributed by atoms with E-state index in [1.165, 1.54) is 0 Å². The second-order valence-corrected chi connectivity index (χ2v) is 10.5. The molecule has 0 bridgehead atoms. The van der Waals surface area contributed by atoms with Crippen LogP contribution in [0.5, 0.6) is 0 Å². The molecule has 2 aromatic rings. The van der Waals surface area contributed by atoms with Crippen LogP contribution in [0.25, 0.3) is 11.1 Å². The van der Waals surface area contributed by atoms with E-state index in [0.717, 1.165) is 60.7 Å². The van der Waals surface area contributed by atoms with Crippen LogP contribution in [0.15, 0.2) is 42.5 Å². The molecule has 3 N–H and O–H groups in total. The van der Waals surface area contributed by atoms with E-state index in [4.69, 9.17) is 10.7 Å². The summed E-state index contributed by atoms with van der Waals surface area (Å²) in [6.45, 7) is 6.98. The van der Waals surface area contributed by atoms with E-state index >= 15 is 0 Å². The van der Waals surface area contributed by atoms with E-state index in [2.05, 4.69) is 17.1 Å². The smallest absolute Gasteiger partial charge is 0.248 e. The number of carbonyl (C=O) groups excluding carboxylic acids is 2. The molecule has 0 unspecified atom stereocenters. The van der Waals surface area contributed by atoms with Gasteiger partial charge >= 0.3 is 0 Å². The van der Waals surface area contributed by atoms with Crippen molar-refractivity contribution in [3.63, 3.8) is 0 Å². The molecule has 2 amide bonds. The lowest BCUT2D eigenvalue weighted by atomic mass is 9.99. The zero-order chi connectivity index (χ0) is 26.5. The Morgan fingerprint density at radius 3 is 2.68 bits per heavy atom. The molecule has 1 aliphatic carbocycles. The van der Waals surface area contributed by atoms with Crippen LogP contribution >= 0.6 is 0 Å². The standard InChI is InChI=1S/C29H40N6O2/c1-5-8-27(37)35-16-15-34(19-20(35)2)29-25(30)18-24(28(32-29)21-12-13-21)22-9-6-10-23(17-22)31-26(36)11-7-14-33(3)4/h6-7,9-11,17-18,20-21H,5,8,12-16,19,30H2,1-4H3,(H,31,36)/b11-7+/t20-/m1/s1. The van der Waals surface area contributed by atoms with Crippen LogP contribution in [0, 0.1) is 0 Å². The minimum absolute atomic E-state index is 0.116. The maximum absolute atomic E-state index is 12.5. The molecule has 198 valence electrons. The quantitative estimate of drug-likeness (QED) is 0.499. The topological polar surface area (TPSA) is 94.8 Å².